The summed E-state index contributed by atoms with van der Waals surface area (Å²) in [6.07, 6.45) is 11.3. The number of aryl methyl sites for hydroxylation is 1. The van der Waals surface area contributed by atoms with Gasteiger partial charge in [-0.3, -0.25) is 9.97 Å². The zero-order valence-electron chi connectivity index (χ0n) is 18.2. The maximum absolute atomic E-state index is 6.55. The van der Waals surface area contributed by atoms with Gasteiger partial charge in [0, 0.05) is 49.1 Å². The molecule has 1 aliphatic heterocycles. The number of rotatable bonds is 5. The van der Waals surface area contributed by atoms with Crippen molar-refractivity contribution >= 4 is 16.7 Å². The van der Waals surface area contributed by atoms with Gasteiger partial charge in [-0.15, -0.1) is 0 Å². The van der Waals surface area contributed by atoms with Crippen LogP contribution in [0.25, 0.3) is 11.0 Å². The van der Waals surface area contributed by atoms with E-state index in [0.29, 0.717) is 5.92 Å². The second-order valence-electron chi connectivity index (χ2n) is 8.68. The van der Waals surface area contributed by atoms with E-state index in [4.69, 9.17) is 9.47 Å². The highest BCUT2D eigenvalue weighted by molar-refractivity contribution is 5.85. The molecular weight excluding hydrogens is 388 g/mol. The topological polar surface area (TPSA) is 60.4 Å². The molecule has 31 heavy (non-hydrogen) atoms. The van der Waals surface area contributed by atoms with Crippen LogP contribution in [0.2, 0.25) is 0 Å². The van der Waals surface area contributed by atoms with Crippen LogP contribution < -0.4 is 9.64 Å². The maximum atomic E-state index is 6.55. The van der Waals surface area contributed by atoms with Crippen molar-refractivity contribution in [1.82, 2.24) is 15.0 Å². The average Bonchev–Trinajstić information content (AvgIpc) is 2.82. The van der Waals surface area contributed by atoms with Crippen molar-refractivity contribution in [2.75, 3.05) is 31.2 Å². The van der Waals surface area contributed by atoms with Crippen molar-refractivity contribution < 1.29 is 9.47 Å². The molecule has 0 radical (unpaired) electrons. The third kappa shape index (κ3) is 4.64. The Hall–Kier alpha value is -2.73. The number of ether oxygens (including phenoxy) is 2. The third-order valence-corrected chi connectivity index (χ3v) is 6.61. The van der Waals surface area contributed by atoms with E-state index in [9.17, 15) is 0 Å². The molecule has 2 aromatic heterocycles. The van der Waals surface area contributed by atoms with Gasteiger partial charge in [0.15, 0.2) is 0 Å². The molecule has 0 N–H and O–H groups in total. The van der Waals surface area contributed by atoms with Crippen molar-refractivity contribution in [2.24, 2.45) is 5.92 Å². The molecular formula is C25H30N4O2. The smallest absolute Gasteiger partial charge is 0.149 e. The Morgan fingerprint density at radius 1 is 1.00 bits per heavy atom. The fourth-order valence-electron chi connectivity index (χ4n) is 4.80. The first-order valence-electron chi connectivity index (χ1n) is 11.4. The Morgan fingerprint density at radius 3 is 2.61 bits per heavy atom. The maximum Gasteiger partial charge on any atom is 0.149 e. The normalized spacial score (nSPS) is 21.9. The van der Waals surface area contributed by atoms with Crippen LogP contribution in [0.4, 0.5) is 5.69 Å². The Bertz CT molecular complexity index is 1030. The van der Waals surface area contributed by atoms with E-state index in [1.165, 1.54) is 18.4 Å². The predicted octanol–water partition coefficient (Wildman–Crippen LogP) is 4.35. The predicted molar refractivity (Wildman–Crippen MR) is 122 cm³/mol. The lowest BCUT2D eigenvalue weighted by Gasteiger charge is -2.31. The monoisotopic (exact) mass is 418 g/mol. The number of aromatic nitrogens is 3. The van der Waals surface area contributed by atoms with Crippen LogP contribution in [0.15, 0.2) is 42.9 Å². The first-order chi connectivity index (χ1) is 15.3. The highest BCUT2D eigenvalue weighted by atomic mass is 16.5. The lowest BCUT2D eigenvalue weighted by Crippen LogP contribution is -2.36. The minimum Gasteiger partial charge on any atom is -0.488 e. The van der Waals surface area contributed by atoms with Crippen LogP contribution in [0.1, 0.15) is 36.9 Å². The molecule has 5 rings (SSSR count). The van der Waals surface area contributed by atoms with Crippen molar-refractivity contribution in [1.29, 1.82) is 0 Å². The van der Waals surface area contributed by atoms with E-state index in [-0.39, 0.29) is 6.10 Å². The van der Waals surface area contributed by atoms with Gasteiger partial charge >= 0.3 is 0 Å². The first kappa shape index (κ1) is 20.2. The molecule has 1 aliphatic carbocycles. The molecule has 0 bridgehead atoms. The summed E-state index contributed by atoms with van der Waals surface area (Å²) in [6, 6.07) is 8.53. The quantitative estimate of drug-likeness (QED) is 0.614. The van der Waals surface area contributed by atoms with Gasteiger partial charge in [-0.2, -0.15) is 0 Å². The Morgan fingerprint density at radius 2 is 1.81 bits per heavy atom. The van der Waals surface area contributed by atoms with Crippen molar-refractivity contribution in [2.45, 2.75) is 45.1 Å². The minimum atomic E-state index is 0.233. The number of nitrogens with zero attached hydrogens (tertiary/aromatic N) is 4. The fourth-order valence-corrected chi connectivity index (χ4v) is 4.80. The van der Waals surface area contributed by atoms with Crippen LogP contribution in [0.5, 0.6) is 5.75 Å². The molecule has 0 amide bonds. The van der Waals surface area contributed by atoms with E-state index in [2.05, 4.69) is 45.0 Å². The Labute approximate surface area is 183 Å². The molecule has 3 heterocycles. The van der Waals surface area contributed by atoms with Gasteiger partial charge in [-0.05, 0) is 62.6 Å². The summed E-state index contributed by atoms with van der Waals surface area (Å²) in [5, 5.41) is 0. The molecule has 3 aromatic rings. The molecule has 2 aliphatic rings. The lowest BCUT2D eigenvalue weighted by molar-refractivity contribution is 0.122. The first-order valence-corrected chi connectivity index (χ1v) is 11.4. The van der Waals surface area contributed by atoms with Gasteiger partial charge in [-0.25, -0.2) is 4.98 Å². The van der Waals surface area contributed by atoms with Gasteiger partial charge in [0.05, 0.1) is 24.8 Å². The summed E-state index contributed by atoms with van der Waals surface area (Å²) in [4.78, 5) is 15.9. The number of hydrogen-bond donors (Lipinski definition) is 0. The summed E-state index contributed by atoms with van der Waals surface area (Å²) < 4.78 is 12.1. The summed E-state index contributed by atoms with van der Waals surface area (Å²) in [5.41, 5.74) is 5.43. The van der Waals surface area contributed by atoms with Gasteiger partial charge in [0.1, 0.15) is 11.3 Å². The molecule has 162 valence electrons. The summed E-state index contributed by atoms with van der Waals surface area (Å²) in [5.74, 6) is 1.57. The molecule has 0 atom stereocenters. The molecule has 1 saturated carbocycles. The van der Waals surface area contributed by atoms with Gasteiger partial charge in [-0.1, -0.05) is 6.07 Å². The third-order valence-electron chi connectivity index (χ3n) is 6.61. The molecule has 0 unspecified atom stereocenters. The standard InChI is InChI=1S/C25H30N4O2/c1-18-20(3-2-8-26-18)15-19-4-6-22(7-5-19)31-24-17-21(29-11-13-30-14-12-29)16-23-25(24)28-10-9-27-23/h2-3,8-10,16-17,19,22H,4-7,11-15H2,1H3. The number of anilines is 1. The number of pyridine rings is 1. The van der Waals surface area contributed by atoms with E-state index in [1.807, 2.05) is 12.3 Å². The van der Waals surface area contributed by atoms with Crippen LogP contribution in [0, 0.1) is 12.8 Å². The van der Waals surface area contributed by atoms with Crippen LogP contribution >= 0.6 is 0 Å². The SMILES string of the molecule is Cc1ncccc1CC1CCC(Oc2cc(N3CCOCC3)cc3nccnc23)CC1. The van der Waals surface area contributed by atoms with E-state index < -0.39 is 0 Å². The molecule has 0 spiro atoms. The number of benzene rings is 1. The lowest BCUT2D eigenvalue weighted by atomic mass is 9.83. The molecule has 2 fully saturated rings. The zero-order valence-corrected chi connectivity index (χ0v) is 18.2. The summed E-state index contributed by atoms with van der Waals surface area (Å²) in [6.45, 7) is 5.41. The second-order valence-corrected chi connectivity index (χ2v) is 8.68. The van der Waals surface area contributed by atoms with E-state index >= 15 is 0 Å². The molecule has 1 saturated heterocycles. The number of morpholine rings is 1. The highest BCUT2D eigenvalue weighted by Crippen LogP contribution is 2.34. The highest BCUT2D eigenvalue weighted by Gasteiger charge is 2.24. The number of fused-ring (bicyclic) bond motifs is 1. The average molecular weight is 419 g/mol. The zero-order chi connectivity index (χ0) is 21.0. The Kier molecular flexibility index (Phi) is 5.98. The van der Waals surface area contributed by atoms with E-state index in [0.717, 1.165) is 73.7 Å². The fraction of sp³-hybridized carbons (Fsp3) is 0.480. The summed E-state index contributed by atoms with van der Waals surface area (Å²) in [7, 11) is 0. The van der Waals surface area contributed by atoms with Crippen molar-refractivity contribution in [3.05, 3.63) is 54.1 Å². The summed E-state index contributed by atoms with van der Waals surface area (Å²) >= 11 is 0. The van der Waals surface area contributed by atoms with E-state index in [1.54, 1.807) is 12.4 Å². The largest absolute Gasteiger partial charge is 0.488 e. The van der Waals surface area contributed by atoms with Gasteiger partial charge in [0.2, 0.25) is 0 Å². The molecule has 6 nitrogen and oxygen atoms in total. The van der Waals surface area contributed by atoms with Gasteiger partial charge < -0.3 is 14.4 Å². The second kappa shape index (κ2) is 9.18. The number of hydrogen-bond acceptors (Lipinski definition) is 6. The Balaban J connectivity index is 1.28. The van der Waals surface area contributed by atoms with Crippen LogP contribution in [0.3, 0.4) is 0 Å². The minimum absolute atomic E-state index is 0.233. The molecule has 1 aromatic carbocycles. The van der Waals surface area contributed by atoms with Crippen molar-refractivity contribution in [3.8, 4) is 5.75 Å². The molecule has 6 heteroatoms. The van der Waals surface area contributed by atoms with Crippen LogP contribution in [-0.2, 0) is 11.2 Å². The van der Waals surface area contributed by atoms with Crippen molar-refractivity contribution in [3.63, 3.8) is 0 Å². The van der Waals surface area contributed by atoms with Gasteiger partial charge in [0.25, 0.3) is 0 Å². The van der Waals surface area contributed by atoms with Crippen LogP contribution in [-0.4, -0.2) is 47.4 Å².